The van der Waals surface area contributed by atoms with Gasteiger partial charge in [-0.05, 0) is 43.4 Å². The van der Waals surface area contributed by atoms with Crippen LogP contribution in [0.1, 0.15) is 31.2 Å². The van der Waals surface area contributed by atoms with Gasteiger partial charge in [0.05, 0.1) is 0 Å². The average molecular weight is 246 g/mol. The first kappa shape index (κ1) is 11.6. The van der Waals surface area contributed by atoms with Crippen molar-refractivity contribution in [1.29, 1.82) is 0 Å². The summed E-state index contributed by atoms with van der Waals surface area (Å²) in [5.41, 5.74) is 1.24. The average Bonchev–Trinajstić information content (AvgIpc) is 2.82. The fraction of sp³-hybridized carbons (Fsp3) is 0.533. The molecule has 0 saturated heterocycles. The van der Waals surface area contributed by atoms with Crippen LogP contribution in [0.25, 0.3) is 0 Å². The monoisotopic (exact) mass is 246 g/mol. The van der Waals surface area contributed by atoms with E-state index in [-0.39, 0.29) is 0 Å². The minimum absolute atomic E-state index is 0.290. The molecule has 2 aliphatic rings. The Balaban J connectivity index is 1.64. The molecule has 0 N–H and O–H groups in total. The lowest BCUT2D eigenvalue weighted by Crippen LogP contribution is -2.15. The summed E-state index contributed by atoms with van der Waals surface area (Å²) >= 11 is 0. The van der Waals surface area contributed by atoms with Crippen molar-refractivity contribution in [2.45, 2.75) is 32.1 Å². The van der Waals surface area contributed by atoms with Crippen LogP contribution in [0.5, 0.6) is 11.5 Å². The van der Waals surface area contributed by atoms with E-state index in [1.165, 1.54) is 5.56 Å². The molecule has 0 radical (unpaired) electrons. The van der Waals surface area contributed by atoms with Crippen molar-refractivity contribution in [3.8, 4) is 11.5 Å². The highest BCUT2D eigenvalue weighted by Gasteiger charge is 2.23. The number of carbonyl (C=O) groups excluding carboxylic acids is 1. The molecule has 1 aliphatic carbocycles. The number of aryl methyl sites for hydroxylation is 1. The van der Waals surface area contributed by atoms with Gasteiger partial charge in [-0.2, -0.15) is 0 Å². The van der Waals surface area contributed by atoms with Gasteiger partial charge in [0, 0.05) is 12.3 Å². The van der Waals surface area contributed by atoms with Gasteiger partial charge >= 0.3 is 0 Å². The highest BCUT2D eigenvalue weighted by Crippen LogP contribution is 2.32. The van der Waals surface area contributed by atoms with Crippen molar-refractivity contribution in [1.82, 2.24) is 0 Å². The second kappa shape index (κ2) is 5.01. The Bertz CT molecular complexity index is 453. The molecule has 18 heavy (non-hydrogen) atoms. The topological polar surface area (TPSA) is 35.5 Å². The smallest absolute Gasteiger partial charge is 0.161 e. The van der Waals surface area contributed by atoms with Crippen LogP contribution in [-0.4, -0.2) is 19.0 Å². The molecule has 1 saturated carbocycles. The Morgan fingerprint density at radius 1 is 1.17 bits per heavy atom. The summed E-state index contributed by atoms with van der Waals surface area (Å²) in [7, 11) is 0. The second-order valence-electron chi connectivity index (χ2n) is 5.07. The third kappa shape index (κ3) is 2.35. The number of Topliss-reactive ketones (excluding diaryl/α,β-unsaturated/α-hetero) is 1. The van der Waals surface area contributed by atoms with E-state index in [0.29, 0.717) is 24.9 Å². The van der Waals surface area contributed by atoms with Gasteiger partial charge in [0.15, 0.2) is 11.5 Å². The molecule has 0 bridgehead atoms. The summed E-state index contributed by atoms with van der Waals surface area (Å²) in [4.78, 5) is 11.6. The first-order chi connectivity index (χ1) is 8.83. The van der Waals surface area contributed by atoms with Gasteiger partial charge in [-0.25, -0.2) is 0 Å². The highest BCUT2D eigenvalue weighted by atomic mass is 16.6. The lowest BCUT2D eigenvalue weighted by atomic mass is 9.97. The molecule has 1 atom stereocenters. The molecule has 0 spiro atoms. The minimum atomic E-state index is 0.290. The molecule has 1 unspecified atom stereocenters. The van der Waals surface area contributed by atoms with Crippen molar-refractivity contribution in [3.05, 3.63) is 23.8 Å². The van der Waals surface area contributed by atoms with E-state index < -0.39 is 0 Å². The van der Waals surface area contributed by atoms with Crippen LogP contribution in [-0.2, 0) is 11.2 Å². The van der Waals surface area contributed by atoms with Gasteiger partial charge < -0.3 is 9.47 Å². The molecule has 3 heteroatoms. The predicted octanol–water partition coefficient (Wildman–Crippen LogP) is 2.76. The molecule has 1 fully saturated rings. The van der Waals surface area contributed by atoms with E-state index in [0.717, 1.165) is 43.6 Å². The highest BCUT2D eigenvalue weighted by molar-refractivity contribution is 5.82. The number of fused-ring (bicyclic) bond motifs is 1. The molecule has 3 nitrogen and oxygen atoms in total. The van der Waals surface area contributed by atoms with Crippen molar-refractivity contribution >= 4 is 5.78 Å². The summed E-state index contributed by atoms with van der Waals surface area (Å²) in [5, 5.41) is 0. The summed E-state index contributed by atoms with van der Waals surface area (Å²) < 4.78 is 11.1. The van der Waals surface area contributed by atoms with Crippen LogP contribution in [0.3, 0.4) is 0 Å². The molecule has 1 aliphatic heterocycles. The van der Waals surface area contributed by atoms with Gasteiger partial charge in [0.25, 0.3) is 0 Å². The zero-order valence-electron chi connectivity index (χ0n) is 10.5. The van der Waals surface area contributed by atoms with Crippen LogP contribution in [0.15, 0.2) is 18.2 Å². The third-order valence-electron chi connectivity index (χ3n) is 3.82. The maximum Gasteiger partial charge on any atom is 0.161 e. The molecule has 1 aromatic rings. The summed E-state index contributed by atoms with van der Waals surface area (Å²) in [6.45, 7) is 1.25. The van der Waals surface area contributed by atoms with Gasteiger partial charge in [-0.15, -0.1) is 0 Å². The molecule has 0 amide bonds. The maximum atomic E-state index is 11.6. The zero-order valence-corrected chi connectivity index (χ0v) is 10.5. The third-order valence-corrected chi connectivity index (χ3v) is 3.82. The molecule has 1 aromatic carbocycles. The lowest BCUT2D eigenvalue weighted by Gasteiger charge is -2.19. The summed E-state index contributed by atoms with van der Waals surface area (Å²) in [6, 6.07) is 6.10. The van der Waals surface area contributed by atoms with E-state index in [2.05, 4.69) is 6.07 Å². The fourth-order valence-electron chi connectivity index (χ4n) is 2.78. The first-order valence-electron chi connectivity index (χ1n) is 6.74. The Morgan fingerprint density at radius 2 is 2.00 bits per heavy atom. The number of hydrogen-bond acceptors (Lipinski definition) is 3. The molecular weight excluding hydrogens is 228 g/mol. The van der Waals surface area contributed by atoms with Crippen LogP contribution in [0.4, 0.5) is 0 Å². The number of ether oxygens (including phenoxy) is 2. The molecule has 3 rings (SSSR count). The molecule has 1 heterocycles. The first-order valence-corrected chi connectivity index (χ1v) is 6.74. The number of rotatable bonds is 3. The van der Waals surface area contributed by atoms with E-state index in [9.17, 15) is 4.79 Å². The largest absolute Gasteiger partial charge is 0.486 e. The fourth-order valence-corrected chi connectivity index (χ4v) is 2.78. The Morgan fingerprint density at radius 3 is 2.78 bits per heavy atom. The molecule has 0 aromatic heterocycles. The van der Waals surface area contributed by atoms with Gasteiger partial charge in [0.2, 0.25) is 0 Å². The summed E-state index contributed by atoms with van der Waals surface area (Å²) in [6.07, 6.45) is 4.85. The van der Waals surface area contributed by atoms with Crippen molar-refractivity contribution in [2.24, 2.45) is 5.92 Å². The normalized spacial score (nSPS) is 22.2. The predicted molar refractivity (Wildman–Crippen MR) is 68.1 cm³/mol. The molecular formula is C15H18O3. The second-order valence-corrected chi connectivity index (χ2v) is 5.07. The van der Waals surface area contributed by atoms with Crippen LogP contribution >= 0.6 is 0 Å². The number of benzene rings is 1. The van der Waals surface area contributed by atoms with E-state index >= 15 is 0 Å². The SMILES string of the molecule is O=C1CCCC1CCc1ccc2c(c1)OCCO2. The number of carbonyl (C=O) groups is 1. The summed E-state index contributed by atoms with van der Waals surface area (Å²) in [5.74, 6) is 2.42. The standard InChI is InChI=1S/C15H18O3/c16-13-3-1-2-12(13)6-4-11-5-7-14-15(10-11)18-9-8-17-14/h5,7,10,12H,1-4,6,8-9H2. The van der Waals surface area contributed by atoms with E-state index in [1.807, 2.05) is 12.1 Å². The Labute approximate surface area is 107 Å². The van der Waals surface area contributed by atoms with Gasteiger partial charge in [-0.1, -0.05) is 6.07 Å². The van der Waals surface area contributed by atoms with Gasteiger partial charge in [0.1, 0.15) is 19.0 Å². The van der Waals surface area contributed by atoms with E-state index in [1.54, 1.807) is 0 Å². The molecule has 96 valence electrons. The van der Waals surface area contributed by atoms with Crippen molar-refractivity contribution < 1.29 is 14.3 Å². The van der Waals surface area contributed by atoms with Crippen LogP contribution < -0.4 is 9.47 Å². The Kier molecular flexibility index (Phi) is 3.22. The zero-order chi connectivity index (χ0) is 12.4. The van der Waals surface area contributed by atoms with Gasteiger partial charge in [-0.3, -0.25) is 4.79 Å². The Hall–Kier alpha value is -1.51. The van der Waals surface area contributed by atoms with E-state index in [4.69, 9.17) is 9.47 Å². The maximum absolute atomic E-state index is 11.6. The van der Waals surface area contributed by atoms with Crippen molar-refractivity contribution in [3.63, 3.8) is 0 Å². The number of ketones is 1. The number of hydrogen-bond donors (Lipinski definition) is 0. The quantitative estimate of drug-likeness (QED) is 0.822. The van der Waals surface area contributed by atoms with Crippen molar-refractivity contribution in [2.75, 3.05) is 13.2 Å². The minimum Gasteiger partial charge on any atom is -0.486 e. The lowest BCUT2D eigenvalue weighted by molar-refractivity contribution is -0.120. The van der Waals surface area contributed by atoms with Crippen LogP contribution in [0.2, 0.25) is 0 Å². The van der Waals surface area contributed by atoms with Crippen LogP contribution in [0, 0.1) is 5.92 Å².